The van der Waals surface area contributed by atoms with E-state index in [0.717, 1.165) is 12.1 Å². The summed E-state index contributed by atoms with van der Waals surface area (Å²) in [5.41, 5.74) is -1.16. The van der Waals surface area contributed by atoms with E-state index in [0.29, 0.717) is 3.57 Å². The van der Waals surface area contributed by atoms with Crippen molar-refractivity contribution in [3.05, 3.63) is 33.1 Å². The van der Waals surface area contributed by atoms with Crippen LogP contribution in [0.15, 0.2) is 18.2 Å². The van der Waals surface area contributed by atoms with Crippen LogP contribution in [0.1, 0.15) is 5.56 Å². The zero-order valence-corrected chi connectivity index (χ0v) is 8.78. The van der Waals surface area contributed by atoms with E-state index in [1.165, 1.54) is 6.07 Å². The van der Waals surface area contributed by atoms with Gasteiger partial charge in [-0.15, -0.1) is 0 Å². The molecule has 0 aliphatic rings. The number of benzene rings is 1. The molecular formula is C8H6F4I-. The third-order valence-electron chi connectivity index (χ3n) is 1.45. The van der Waals surface area contributed by atoms with Crippen molar-refractivity contribution in [3.63, 3.8) is 0 Å². The maximum absolute atomic E-state index is 12.7. The van der Waals surface area contributed by atoms with Gasteiger partial charge in [0, 0.05) is 0 Å². The molecule has 0 heterocycles. The minimum atomic E-state index is -4.58. The Labute approximate surface area is 83.2 Å². The summed E-state index contributed by atoms with van der Waals surface area (Å²) in [4.78, 5) is 1.83. The van der Waals surface area contributed by atoms with Gasteiger partial charge in [0.1, 0.15) is 0 Å². The quantitative estimate of drug-likeness (QED) is 0.381. The van der Waals surface area contributed by atoms with E-state index < -0.39 is 38.8 Å². The molecule has 13 heavy (non-hydrogen) atoms. The van der Waals surface area contributed by atoms with Crippen LogP contribution in [-0.4, -0.2) is 4.93 Å². The number of hydrogen-bond donors (Lipinski definition) is 0. The van der Waals surface area contributed by atoms with Crippen LogP contribution in [0.25, 0.3) is 0 Å². The van der Waals surface area contributed by atoms with Gasteiger partial charge in [0.05, 0.1) is 0 Å². The van der Waals surface area contributed by atoms with Crippen LogP contribution in [0, 0.1) is 9.39 Å². The molecular weight excluding hydrogens is 299 g/mol. The van der Waals surface area contributed by atoms with E-state index >= 15 is 0 Å². The van der Waals surface area contributed by atoms with E-state index in [1.807, 2.05) is 4.93 Å². The third-order valence-corrected chi connectivity index (χ3v) is 3.37. The van der Waals surface area contributed by atoms with E-state index in [4.69, 9.17) is 0 Å². The van der Waals surface area contributed by atoms with Crippen LogP contribution in [0.5, 0.6) is 0 Å². The fraction of sp³-hybridized carbons (Fsp3) is 0.250. The summed E-state index contributed by atoms with van der Waals surface area (Å²) < 4.78 is 49.7. The number of hydrogen-bond acceptors (Lipinski definition) is 0. The van der Waals surface area contributed by atoms with Gasteiger partial charge in [0.15, 0.2) is 0 Å². The van der Waals surface area contributed by atoms with Gasteiger partial charge in [-0.1, -0.05) is 0 Å². The molecule has 0 N–H and O–H groups in total. The van der Waals surface area contributed by atoms with Crippen LogP contribution >= 0.6 is 0 Å². The molecule has 0 fully saturated rings. The van der Waals surface area contributed by atoms with Crippen molar-refractivity contribution in [2.24, 2.45) is 0 Å². The normalized spacial score (nSPS) is 12.1. The molecule has 0 atom stereocenters. The molecule has 0 bridgehead atoms. The average molecular weight is 305 g/mol. The summed E-state index contributed by atoms with van der Waals surface area (Å²) >= 11 is -0.435. The molecule has 0 nitrogen and oxygen atoms in total. The zero-order chi connectivity index (χ0) is 10.1. The molecule has 0 radical (unpaired) electrons. The molecule has 1 aromatic carbocycles. The molecule has 0 aliphatic heterocycles. The first-order valence-electron chi connectivity index (χ1n) is 3.31. The second-order valence-electron chi connectivity index (χ2n) is 2.31. The van der Waals surface area contributed by atoms with E-state index in [-0.39, 0.29) is 0 Å². The van der Waals surface area contributed by atoms with Gasteiger partial charge in [0.2, 0.25) is 0 Å². The molecule has 1 rings (SSSR count). The molecule has 0 aliphatic carbocycles. The van der Waals surface area contributed by atoms with Crippen LogP contribution < -0.4 is 21.2 Å². The third kappa shape index (κ3) is 2.55. The van der Waals surface area contributed by atoms with Crippen molar-refractivity contribution < 1.29 is 38.8 Å². The standard InChI is InChI=1S/C8H6F4I/c1-13-5-2-3-7(9)6(4-5)8(10,11)12/h2-4H,1H3/q-1. The zero-order valence-electron chi connectivity index (χ0n) is 6.62. The Morgan fingerprint density at radius 3 is 2.31 bits per heavy atom. The van der Waals surface area contributed by atoms with Crippen LogP contribution in [0.4, 0.5) is 17.6 Å². The monoisotopic (exact) mass is 305 g/mol. The second kappa shape index (κ2) is 3.81. The molecule has 5 heteroatoms. The fourth-order valence-electron chi connectivity index (χ4n) is 0.832. The van der Waals surface area contributed by atoms with Gasteiger partial charge in [-0.05, 0) is 0 Å². The van der Waals surface area contributed by atoms with E-state index in [1.54, 1.807) is 0 Å². The molecule has 0 amide bonds. The Morgan fingerprint density at radius 1 is 1.23 bits per heavy atom. The van der Waals surface area contributed by atoms with Gasteiger partial charge in [-0.3, -0.25) is 0 Å². The summed E-state index contributed by atoms with van der Waals surface area (Å²) in [6.07, 6.45) is -4.58. The number of rotatable bonds is 1. The molecule has 0 saturated carbocycles. The number of halogens is 5. The second-order valence-corrected chi connectivity index (χ2v) is 4.64. The van der Waals surface area contributed by atoms with Crippen LogP contribution in [0.3, 0.4) is 0 Å². The Balaban J connectivity index is 3.19. The van der Waals surface area contributed by atoms with Crippen LogP contribution in [0.2, 0.25) is 0 Å². The Bertz CT molecular complexity index is 306. The molecule has 0 unspecified atom stereocenters. The van der Waals surface area contributed by atoms with E-state index in [9.17, 15) is 17.6 Å². The first-order valence-corrected chi connectivity index (χ1v) is 6.55. The van der Waals surface area contributed by atoms with Gasteiger partial charge in [-0.25, -0.2) is 0 Å². The average Bonchev–Trinajstić information content (AvgIpc) is 2.03. The minimum absolute atomic E-state index is 0.435. The summed E-state index contributed by atoms with van der Waals surface area (Å²) in [5, 5.41) is 0. The van der Waals surface area contributed by atoms with Crippen molar-refractivity contribution in [2.75, 3.05) is 4.93 Å². The fourth-order valence-corrected chi connectivity index (χ4v) is 1.99. The van der Waals surface area contributed by atoms with E-state index in [2.05, 4.69) is 0 Å². The Kier molecular flexibility index (Phi) is 3.15. The number of alkyl halides is 4. The molecule has 0 aromatic heterocycles. The summed E-state index contributed by atoms with van der Waals surface area (Å²) in [6.45, 7) is 0. The summed E-state index contributed by atoms with van der Waals surface area (Å²) in [5.74, 6) is -1.20. The first kappa shape index (κ1) is 10.7. The summed E-state index contributed by atoms with van der Waals surface area (Å²) in [7, 11) is 0. The van der Waals surface area contributed by atoms with Gasteiger partial charge < -0.3 is 0 Å². The maximum atomic E-state index is 12.7. The summed E-state index contributed by atoms with van der Waals surface area (Å²) in [6, 6.07) is 3.17. The Hall–Kier alpha value is -0.330. The molecule has 74 valence electrons. The van der Waals surface area contributed by atoms with Crippen molar-refractivity contribution in [1.82, 2.24) is 0 Å². The first-order chi connectivity index (χ1) is 5.95. The van der Waals surface area contributed by atoms with Crippen molar-refractivity contribution in [2.45, 2.75) is 6.18 Å². The van der Waals surface area contributed by atoms with Crippen molar-refractivity contribution >= 4 is 0 Å². The van der Waals surface area contributed by atoms with Crippen LogP contribution in [-0.2, 0) is 6.18 Å². The predicted molar refractivity (Wildman–Crippen MR) is 36.0 cm³/mol. The molecule has 1 aromatic rings. The van der Waals surface area contributed by atoms with Gasteiger partial charge in [0.25, 0.3) is 0 Å². The predicted octanol–water partition coefficient (Wildman–Crippen LogP) is -0.267. The SMILES string of the molecule is C[I-]c1ccc(F)c(C(F)(F)F)c1. The van der Waals surface area contributed by atoms with Crippen molar-refractivity contribution in [1.29, 1.82) is 0 Å². The Morgan fingerprint density at radius 2 is 1.85 bits per heavy atom. The molecule has 0 saturated heterocycles. The van der Waals surface area contributed by atoms with Gasteiger partial charge >= 0.3 is 83.0 Å². The molecule has 0 spiro atoms. The topological polar surface area (TPSA) is 0 Å². The van der Waals surface area contributed by atoms with Crippen molar-refractivity contribution in [3.8, 4) is 0 Å². The van der Waals surface area contributed by atoms with Gasteiger partial charge in [-0.2, -0.15) is 0 Å².